The third kappa shape index (κ3) is 3.63. The van der Waals surface area contributed by atoms with E-state index in [9.17, 15) is 4.79 Å². The molecule has 1 aromatic rings. The zero-order valence-corrected chi connectivity index (χ0v) is 12.5. The average molecular weight is 305 g/mol. The average Bonchev–Trinajstić information content (AvgIpc) is 2.42. The number of Topliss-reactive ketones (excluding diaryl/α,β-unsaturated/α-hetero) is 1. The molecule has 0 aliphatic carbocycles. The van der Waals surface area contributed by atoms with Crippen molar-refractivity contribution in [3.05, 3.63) is 15.9 Å². The zero-order chi connectivity index (χ0) is 12.3. The molecule has 0 unspecified atom stereocenters. The Morgan fingerprint density at radius 1 is 1.56 bits per heavy atom. The lowest BCUT2D eigenvalue weighted by Crippen LogP contribution is -2.11. The largest absolute Gasteiger partial charge is 0.298 e. The minimum atomic E-state index is 0.252. The molecule has 1 aromatic heterocycles. The van der Waals surface area contributed by atoms with Crippen molar-refractivity contribution in [1.29, 1.82) is 0 Å². The summed E-state index contributed by atoms with van der Waals surface area (Å²) >= 11 is 5.15. The second kappa shape index (κ2) is 5.87. The Morgan fingerprint density at radius 3 is 2.62 bits per heavy atom. The number of thioether (sulfide) groups is 1. The third-order valence-electron chi connectivity index (χ3n) is 2.20. The van der Waals surface area contributed by atoms with Crippen molar-refractivity contribution < 1.29 is 4.79 Å². The number of aryl methyl sites for hydroxylation is 2. The van der Waals surface area contributed by atoms with Gasteiger partial charge in [-0.3, -0.25) is 9.48 Å². The van der Waals surface area contributed by atoms with Gasteiger partial charge in [-0.15, -0.1) is 0 Å². The Bertz CT molecular complexity index is 388. The van der Waals surface area contributed by atoms with Crippen LogP contribution in [0.3, 0.4) is 0 Å². The first-order chi connectivity index (χ1) is 7.41. The third-order valence-corrected chi connectivity index (χ3v) is 4.39. The van der Waals surface area contributed by atoms with Crippen LogP contribution in [0.15, 0.2) is 4.47 Å². The van der Waals surface area contributed by atoms with Gasteiger partial charge in [-0.25, -0.2) is 0 Å². The molecule has 1 rings (SSSR count). The molecule has 0 spiro atoms. The van der Waals surface area contributed by atoms with Gasteiger partial charge in [0.2, 0.25) is 0 Å². The summed E-state index contributed by atoms with van der Waals surface area (Å²) in [6.45, 7) is 6.13. The van der Waals surface area contributed by atoms with Crippen molar-refractivity contribution in [2.45, 2.75) is 32.4 Å². The molecular formula is C11H17BrN2OS. The van der Waals surface area contributed by atoms with Gasteiger partial charge in [0.25, 0.3) is 0 Å². The first-order valence-electron chi connectivity index (χ1n) is 5.23. The smallest absolute Gasteiger partial charge is 0.148 e. The topological polar surface area (TPSA) is 34.9 Å². The summed E-state index contributed by atoms with van der Waals surface area (Å²) in [7, 11) is 1.87. The van der Waals surface area contributed by atoms with Crippen molar-refractivity contribution >= 4 is 33.5 Å². The number of nitrogens with zero attached hydrogens (tertiary/aromatic N) is 2. The molecule has 0 saturated heterocycles. The van der Waals surface area contributed by atoms with Crippen LogP contribution in [0.2, 0.25) is 0 Å². The predicted octanol–water partition coefficient (Wildman–Crippen LogP) is 2.74. The molecule has 0 bridgehead atoms. The summed E-state index contributed by atoms with van der Waals surface area (Å²) in [6, 6.07) is 0. The van der Waals surface area contributed by atoms with Crippen molar-refractivity contribution in [2.75, 3.05) is 5.75 Å². The van der Waals surface area contributed by atoms with Crippen LogP contribution < -0.4 is 0 Å². The molecule has 5 heteroatoms. The Kier molecular flexibility index (Phi) is 5.05. The van der Waals surface area contributed by atoms with E-state index in [0.717, 1.165) is 15.9 Å². The van der Waals surface area contributed by atoms with Gasteiger partial charge in [0.15, 0.2) is 0 Å². The predicted molar refractivity (Wildman–Crippen MR) is 72.0 cm³/mol. The molecule has 0 atom stereocenters. The number of hydrogen-bond donors (Lipinski definition) is 0. The van der Waals surface area contributed by atoms with E-state index >= 15 is 0 Å². The number of carbonyl (C=O) groups is 1. The number of aromatic nitrogens is 2. The minimum Gasteiger partial charge on any atom is -0.298 e. The van der Waals surface area contributed by atoms with Crippen LogP contribution in [0.1, 0.15) is 25.2 Å². The highest BCUT2D eigenvalue weighted by Crippen LogP contribution is 2.21. The molecule has 0 saturated carbocycles. The van der Waals surface area contributed by atoms with Crippen LogP contribution in [-0.4, -0.2) is 26.6 Å². The summed E-state index contributed by atoms with van der Waals surface area (Å²) in [4.78, 5) is 11.7. The number of halogens is 1. The van der Waals surface area contributed by atoms with Crippen molar-refractivity contribution in [2.24, 2.45) is 7.05 Å². The van der Waals surface area contributed by atoms with E-state index in [1.807, 2.05) is 14.0 Å². The zero-order valence-electron chi connectivity index (χ0n) is 10.1. The van der Waals surface area contributed by atoms with Crippen LogP contribution in [-0.2, 0) is 18.3 Å². The van der Waals surface area contributed by atoms with Gasteiger partial charge >= 0.3 is 0 Å². The summed E-state index contributed by atoms with van der Waals surface area (Å²) in [6.07, 6.45) is 0.456. The molecule has 0 fully saturated rings. The van der Waals surface area contributed by atoms with Gasteiger partial charge in [-0.05, 0) is 28.1 Å². The highest BCUT2D eigenvalue weighted by Gasteiger charge is 2.14. The second-order valence-corrected chi connectivity index (χ2v) is 6.40. The number of ketones is 1. The molecule has 90 valence electrons. The lowest BCUT2D eigenvalue weighted by molar-refractivity contribution is -0.116. The lowest BCUT2D eigenvalue weighted by atomic mass is 10.2. The van der Waals surface area contributed by atoms with E-state index in [1.165, 1.54) is 0 Å². The summed E-state index contributed by atoms with van der Waals surface area (Å²) in [5, 5.41) is 4.77. The van der Waals surface area contributed by atoms with Crippen LogP contribution in [0.5, 0.6) is 0 Å². The molecular weight excluding hydrogens is 288 g/mol. The molecule has 3 nitrogen and oxygen atoms in total. The molecule has 0 aliphatic heterocycles. The van der Waals surface area contributed by atoms with Crippen molar-refractivity contribution in [1.82, 2.24) is 9.78 Å². The lowest BCUT2D eigenvalue weighted by Gasteiger charge is -2.05. The van der Waals surface area contributed by atoms with E-state index in [1.54, 1.807) is 16.4 Å². The maximum atomic E-state index is 11.7. The van der Waals surface area contributed by atoms with Crippen molar-refractivity contribution in [3.63, 3.8) is 0 Å². The Morgan fingerprint density at radius 2 is 2.19 bits per heavy atom. The fourth-order valence-electron chi connectivity index (χ4n) is 1.37. The summed E-state index contributed by atoms with van der Waals surface area (Å²) < 4.78 is 2.73. The minimum absolute atomic E-state index is 0.252. The van der Waals surface area contributed by atoms with E-state index in [-0.39, 0.29) is 5.78 Å². The maximum absolute atomic E-state index is 11.7. The Hall–Kier alpha value is -0.290. The van der Waals surface area contributed by atoms with Crippen LogP contribution in [0.4, 0.5) is 0 Å². The molecule has 0 N–H and O–H groups in total. The quantitative estimate of drug-likeness (QED) is 0.839. The van der Waals surface area contributed by atoms with Gasteiger partial charge in [-0.2, -0.15) is 16.9 Å². The first kappa shape index (κ1) is 13.8. The second-order valence-electron chi connectivity index (χ2n) is 4.04. The van der Waals surface area contributed by atoms with Gasteiger partial charge in [0.05, 0.1) is 28.0 Å². The standard InChI is InChI=1S/C11H17BrN2OS/c1-7(2)16-6-9(15)5-10-11(12)8(3)13-14(10)4/h7H,5-6H2,1-4H3. The molecule has 16 heavy (non-hydrogen) atoms. The van der Waals surface area contributed by atoms with Crippen LogP contribution in [0.25, 0.3) is 0 Å². The molecule has 0 amide bonds. The highest BCUT2D eigenvalue weighted by atomic mass is 79.9. The fraction of sp³-hybridized carbons (Fsp3) is 0.636. The fourth-order valence-corrected chi connectivity index (χ4v) is 2.47. The van der Waals surface area contributed by atoms with Gasteiger partial charge < -0.3 is 0 Å². The SMILES string of the molecule is Cc1nn(C)c(CC(=O)CSC(C)C)c1Br. The Labute approximate surface area is 109 Å². The van der Waals surface area contributed by atoms with Gasteiger partial charge in [0.1, 0.15) is 5.78 Å². The maximum Gasteiger partial charge on any atom is 0.148 e. The van der Waals surface area contributed by atoms with E-state index in [0.29, 0.717) is 17.4 Å². The highest BCUT2D eigenvalue weighted by molar-refractivity contribution is 9.10. The number of rotatable bonds is 5. The molecule has 0 aliphatic rings. The first-order valence-corrected chi connectivity index (χ1v) is 7.07. The normalized spacial score (nSPS) is 11.1. The molecule has 0 radical (unpaired) electrons. The summed E-state index contributed by atoms with van der Waals surface area (Å²) in [5.41, 5.74) is 1.90. The van der Waals surface area contributed by atoms with Crippen molar-refractivity contribution in [3.8, 4) is 0 Å². The van der Waals surface area contributed by atoms with E-state index in [4.69, 9.17) is 0 Å². The van der Waals surface area contributed by atoms with E-state index < -0.39 is 0 Å². The van der Waals surface area contributed by atoms with E-state index in [2.05, 4.69) is 34.9 Å². The van der Waals surface area contributed by atoms with Gasteiger partial charge in [0, 0.05) is 7.05 Å². The van der Waals surface area contributed by atoms with Crippen LogP contribution in [0, 0.1) is 6.92 Å². The Balaban J connectivity index is 2.63. The van der Waals surface area contributed by atoms with Crippen LogP contribution >= 0.6 is 27.7 Å². The molecule has 0 aromatic carbocycles. The molecule has 1 heterocycles. The number of hydrogen-bond acceptors (Lipinski definition) is 3. The monoisotopic (exact) mass is 304 g/mol. The van der Waals surface area contributed by atoms with Gasteiger partial charge in [-0.1, -0.05) is 13.8 Å². The summed E-state index contributed by atoms with van der Waals surface area (Å²) in [5.74, 6) is 0.830. The number of carbonyl (C=O) groups excluding carboxylic acids is 1.